The van der Waals surface area contributed by atoms with Crippen LogP contribution in [0.3, 0.4) is 0 Å². The first-order valence-corrected chi connectivity index (χ1v) is 12.9. The second kappa shape index (κ2) is 13.2. The van der Waals surface area contributed by atoms with Gasteiger partial charge in [0.1, 0.15) is 11.4 Å². The van der Waals surface area contributed by atoms with Crippen molar-refractivity contribution in [2.45, 2.75) is 39.1 Å². The summed E-state index contributed by atoms with van der Waals surface area (Å²) in [6, 6.07) is 17.0. The third-order valence-corrected chi connectivity index (χ3v) is 5.81. The molecule has 0 spiro atoms. The summed E-state index contributed by atoms with van der Waals surface area (Å²) >= 11 is 0. The van der Waals surface area contributed by atoms with Crippen molar-refractivity contribution in [1.29, 1.82) is 0 Å². The molecule has 1 aliphatic heterocycles. The molecule has 3 aromatic rings. The molecule has 0 bridgehead atoms. The van der Waals surface area contributed by atoms with E-state index >= 15 is 0 Å². The molecule has 212 valence electrons. The Bertz CT molecular complexity index is 1300. The Morgan fingerprint density at radius 1 is 1.20 bits per heavy atom. The molecular weight excluding hydrogens is 514 g/mol. The average molecular weight is 550 g/mol. The molecule has 4 rings (SSSR count). The summed E-state index contributed by atoms with van der Waals surface area (Å²) in [4.78, 5) is 22.1. The minimum absolute atomic E-state index is 0.273. The highest BCUT2D eigenvalue weighted by Gasteiger charge is 2.28. The number of ether oxygens (including phenoxy) is 3. The zero-order valence-electron chi connectivity index (χ0n) is 23.1. The molecule has 1 atom stereocenters. The number of oxime groups is 1. The summed E-state index contributed by atoms with van der Waals surface area (Å²) in [7, 11) is 1.61. The van der Waals surface area contributed by atoms with Crippen LogP contribution in [0.4, 0.5) is 33.6 Å². The first-order chi connectivity index (χ1) is 19.3. The summed E-state index contributed by atoms with van der Waals surface area (Å²) in [5.41, 5.74) is 2.00. The predicted molar refractivity (Wildman–Crippen MR) is 152 cm³/mol. The molecule has 40 heavy (non-hydrogen) atoms. The summed E-state index contributed by atoms with van der Waals surface area (Å²) in [5, 5.41) is 22.3. The van der Waals surface area contributed by atoms with Crippen molar-refractivity contribution in [3.05, 3.63) is 66.4 Å². The number of hydrazine groups is 1. The Labute approximate surface area is 233 Å². The molecule has 1 fully saturated rings. The minimum atomic E-state index is -0.646. The first-order valence-electron chi connectivity index (χ1n) is 12.9. The lowest BCUT2D eigenvalue weighted by molar-refractivity contribution is -0.164. The van der Waals surface area contributed by atoms with Crippen molar-refractivity contribution in [1.82, 2.24) is 15.0 Å². The van der Waals surface area contributed by atoms with Gasteiger partial charge in [-0.05, 0) is 45.0 Å². The van der Waals surface area contributed by atoms with Gasteiger partial charge in [-0.3, -0.25) is 5.32 Å². The molecule has 1 saturated heterocycles. The highest BCUT2D eigenvalue weighted by molar-refractivity contribution is 5.90. The molecule has 1 amide bonds. The Balaban J connectivity index is 1.71. The third kappa shape index (κ3) is 7.65. The standard InChI is InChI=1S/C28H35N7O5/c1-28(2,3)40-27(36)32-23-13-9-8-12-22(23)31-25-20(14-15-30-37)18-29-26(33-25)35(21-10-6-5-7-11-21)34-16-17-39-24(19-34)38-4/h5-13,15,18,24,37H,14,16-17,19H2,1-4H3,(H,32,36)(H,29,31,33). The molecule has 0 radical (unpaired) electrons. The molecule has 1 aromatic heterocycles. The average Bonchev–Trinajstić information content (AvgIpc) is 2.93. The van der Waals surface area contributed by atoms with Crippen LogP contribution in [0.1, 0.15) is 26.3 Å². The fraction of sp³-hybridized carbons (Fsp3) is 0.357. The summed E-state index contributed by atoms with van der Waals surface area (Å²) in [6.07, 6.45) is 2.33. The number of nitrogens with one attached hydrogen (secondary N) is 2. The molecule has 12 heteroatoms. The Morgan fingerprint density at radius 2 is 1.93 bits per heavy atom. The first kappa shape index (κ1) is 28.7. The molecule has 3 N–H and O–H groups in total. The zero-order valence-corrected chi connectivity index (χ0v) is 23.1. The zero-order chi connectivity index (χ0) is 28.5. The van der Waals surface area contributed by atoms with Gasteiger partial charge >= 0.3 is 6.09 Å². The molecular formula is C28H35N7O5. The number of amides is 1. The summed E-state index contributed by atoms with van der Waals surface area (Å²) in [5.74, 6) is 0.883. The number of morpholine rings is 1. The SMILES string of the molecule is COC1CN(N(c2ccccc2)c2ncc(CC=NO)c(Nc3ccccc3NC(=O)OC(C)(C)C)n2)CCO1. The molecule has 2 aromatic carbocycles. The van der Waals surface area contributed by atoms with Gasteiger partial charge in [0, 0.05) is 38.1 Å². The number of nitrogens with zero attached hydrogens (tertiary/aromatic N) is 5. The number of hydrogen-bond acceptors (Lipinski definition) is 11. The number of rotatable bonds is 9. The fourth-order valence-corrected chi connectivity index (χ4v) is 4.04. The maximum Gasteiger partial charge on any atom is 0.412 e. The summed E-state index contributed by atoms with van der Waals surface area (Å²) in [6.45, 7) is 6.95. The van der Waals surface area contributed by atoms with E-state index in [-0.39, 0.29) is 6.42 Å². The number of benzene rings is 2. The molecule has 1 unspecified atom stereocenters. The highest BCUT2D eigenvalue weighted by atomic mass is 16.7. The fourth-order valence-electron chi connectivity index (χ4n) is 4.04. The van der Waals surface area contributed by atoms with Crippen molar-refractivity contribution in [2.24, 2.45) is 5.16 Å². The molecule has 0 aliphatic carbocycles. The van der Waals surface area contributed by atoms with Crippen LogP contribution in [0, 0.1) is 0 Å². The van der Waals surface area contributed by atoms with E-state index in [0.717, 1.165) is 5.69 Å². The van der Waals surface area contributed by atoms with Gasteiger partial charge in [0.25, 0.3) is 0 Å². The van der Waals surface area contributed by atoms with Crippen molar-refractivity contribution >= 4 is 41.1 Å². The van der Waals surface area contributed by atoms with Gasteiger partial charge in [-0.2, -0.15) is 4.98 Å². The number of hydrogen-bond donors (Lipinski definition) is 3. The maximum absolute atomic E-state index is 12.5. The van der Waals surface area contributed by atoms with E-state index in [0.29, 0.717) is 48.4 Å². The number of methoxy groups -OCH3 is 1. The van der Waals surface area contributed by atoms with E-state index in [1.165, 1.54) is 6.21 Å². The van der Waals surface area contributed by atoms with Crippen molar-refractivity contribution in [2.75, 3.05) is 42.4 Å². The van der Waals surface area contributed by atoms with Crippen LogP contribution in [0.5, 0.6) is 0 Å². The second-order valence-corrected chi connectivity index (χ2v) is 9.94. The maximum atomic E-state index is 12.5. The Morgan fingerprint density at radius 3 is 2.62 bits per heavy atom. The van der Waals surface area contributed by atoms with Crippen LogP contribution in [0.2, 0.25) is 0 Å². The van der Waals surface area contributed by atoms with E-state index in [2.05, 4.69) is 25.8 Å². The van der Waals surface area contributed by atoms with Crippen LogP contribution in [0.25, 0.3) is 0 Å². The minimum Gasteiger partial charge on any atom is -0.444 e. The topological polar surface area (TPSA) is 134 Å². The quantitative estimate of drug-likeness (QED) is 0.192. The lowest BCUT2D eigenvalue weighted by Gasteiger charge is -2.39. The third-order valence-electron chi connectivity index (χ3n) is 5.81. The van der Waals surface area contributed by atoms with Crippen molar-refractivity contribution in [3.8, 4) is 0 Å². The Hall–Kier alpha value is -4.26. The molecule has 2 heterocycles. The lowest BCUT2D eigenvalue weighted by atomic mass is 10.2. The molecule has 0 saturated carbocycles. The van der Waals surface area contributed by atoms with Gasteiger partial charge in [0.05, 0.1) is 30.2 Å². The van der Waals surface area contributed by atoms with Gasteiger partial charge in [0.2, 0.25) is 5.95 Å². The number of carbonyl (C=O) groups excluding carboxylic acids is 1. The van der Waals surface area contributed by atoms with Crippen LogP contribution in [0.15, 0.2) is 65.9 Å². The van der Waals surface area contributed by atoms with Gasteiger partial charge in [0.15, 0.2) is 6.29 Å². The Kier molecular flexibility index (Phi) is 9.48. The number of anilines is 5. The van der Waals surface area contributed by atoms with Gasteiger partial charge in [-0.15, -0.1) is 5.16 Å². The van der Waals surface area contributed by atoms with Gasteiger partial charge in [-0.25, -0.2) is 19.8 Å². The van der Waals surface area contributed by atoms with Crippen molar-refractivity contribution < 1.29 is 24.2 Å². The number of carbonyl (C=O) groups is 1. The van der Waals surface area contributed by atoms with Crippen LogP contribution < -0.4 is 15.6 Å². The van der Waals surface area contributed by atoms with Crippen LogP contribution in [-0.4, -0.2) is 71.2 Å². The van der Waals surface area contributed by atoms with E-state index in [1.807, 2.05) is 53.5 Å². The molecule has 1 aliphatic rings. The van der Waals surface area contributed by atoms with Crippen LogP contribution >= 0.6 is 0 Å². The van der Waals surface area contributed by atoms with Crippen LogP contribution in [-0.2, 0) is 20.6 Å². The smallest absolute Gasteiger partial charge is 0.412 e. The monoisotopic (exact) mass is 549 g/mol. The predicted octanol–water partition coefficient (Wildman–Crippen LogP) is 4.93. The number of para-hydroxylation sites is 3. The normalized spacial score (nSPS) is 16.1. The van der Waals surface area contributed by atoms with E-state index in [4.69, 9.17) is 24.4 Å². The van der Waals surface area contributed by atoms with E-state index in [9.17, 15) is 4.79 Å². The molecule has 12 nitrogen and oxygen atoms in total. The van der Waals surface area contributed by atoms with Gasteiger partial charge < -0.3 is 24.7 Å². The largest absolute Gasteiger partial charge is 0.444 e. The number of aromatic nitrogens is 2. The van der Waals surface area contributed by atoms with Crippen molar-refractivity contribution in [3.63, 3.8) is 0 Å². The second-order valence-electron chi connectivity index (χ2n) is 9.94. The van der Waals surface area contributed by atoms with Gasteiger partial charge in [-0.1, -0.05) is 30.3 Å². The lowest BCUT2D eigenvalue weighted by Crippen LogP contribution is -2.51. The summed E-state index contributed by atoms with van der Waals surface area (Å²) < 4.78 is 16.6. The highest BCUT2D eigenvalue weighted by Crippen LogP contribution is 2.31. The van der Waals surface area contributed by atoms with E-state index in [1.54, 1.807) is 40.1 Å². The van der Waals surface area contributed by atoms with E-state index < -0.39 is 18.0 Å².